The van der Waals surface area contributed by atoms with Crippen molar-refractivity contribution in [2.45, 2.75) is 30.3 Å². The molecule has 1 aliphatic rings. The van der Waals surface area contributed by atoms with Crippen LogP contribution in [0.5, 0.6) is 0 Å². The number of nitrogen functional groups attached to an aromatic ring is 1. The number of hydrazine groups is 1. The summed E-state index contributed by atoms with van der Waals surface area (Å²) in [7, 11) is -3.56. The molecule has 0 saturated carbocycles. The average molecular weight is 286 g/mol. The highest BCUT2D eigenvalue weighted by Gasteiger charge is 2.19. The van der Waals surface area contributed by atoms with Gasteiger partial charge in [-0.05, 0) is 25.3 Å². The van der Waals surface area contributed by atoms with Crippen molar-refractivity contribution in [2.75, 3.05) is 18.6 Å². The molecule has 0 aromatic carbocycles. The first kappa shape index (κ1) is 14.2. The quantitative estimate of drug-likeness (QED) is 0.528. The fraction of sp³-hybridized carbons (Fsp3) is 0.545. The van der Waals surface area contributed by atoms with Gasteiger partial charge < -0.3 is 10.2 Å². The van der Waals surface area contributed by atoms with Gasteiger partial charge >= 0.3 is 0 Å². The van der Waals surface area contributed by atoms with Crippen LogP contribution in [0.25, 0.3) is 0 Å². The number of nitrogens with zero attached hydrogens (tertiary/aromatic N) is 1. The van der Waals surface area contributed by atoms with Gasteiger partial charge in [-0.3, -0.25) is 0 Å². The summed E-state index contributed by atoms with van der Waals surface area (Å²) >= 11 is 0. The number of ether oxygens (including phenoxy) is 1. The van der Waals surface area contributed by atoms with E-state index in [0.29, 0.717) is 12.4 Å². The molecule has 1 aliphatic heterocycles. The summed E-state index contributed by atoms with van der Waals surface area (Å²) < 4.78 is 32.2. The molecular formula is C11H18N4O3S. The fourth-order valence-electron chi connectivity index (χ4n) is 1.91. The maximum absolute atomic E-state index is 12.1. The van der Waals surface area contributed by atoms with E-state index in [1.807, 2.05) is 0 Å². The number of hydrogen-bond donors (Lipinski definition) is 3. The Kier molecular flexibility index (Phi) is 4.70. The zero-order valence-electron chi connectivity index (χ0n) is 10.5. The Morgan fingerprint density at radius 2 is 2.32 bits per heavy atom. The molecule has 2 heterocycles. The van der Waals surface area contributed by atoms with E-state index in [4.69, 9.17) is 10.6 Å². The lowest BCUT2D eigenvalue weighted by molar-refractivity contribution is 0.0200. The predicted molar refractivity (Wildman–Crippen MR) is 70.8 cm³/mol. The minimum Gasteiger partial charge on any atom is -0.377 e. The van der Waals surface area contributed by atoms with Crippen molar-refractivity contribution in [1.82, 2.24) is 9.71 Å². The van der Waals surface area contributed by atoms with Crippen LogP contribution in [0, 0.1) is 0 Å². The summed E-state index contributed by atoms with van der Waals surface area (Å²) in [6.45, 7) is 0.985. The summed E-state index contributed by atoms with van der Waals surface area (Å²) in [6.07, 6.45) is 4.34. The molecule has 0 aliphatic carbocycles. The van der Waals surface area contributed by atoms with E-state index in [1.165, 1.54) is 18.3 Å². The summed E-state index contributed by atoms with van der Waals surface area (Å²) in [5.41, 5.74) is 2.32. The van der Waals surface area contributed by atoms with Crippen LogP contribution in [0.3, 0.4) is 0 Å². The summed E-state index contributed by atoms with van der Waals surface area (Å²) in [5, 5.41) is 0. The highest BCUT2D eigenvalue weighted by atomic mass is 32.2. The summed E-state index contributed by atoms with van der Waals surface area (Å²) in [5.74, 6) is 5.51. The van der Waals surface area contributed by atoms with Crippen molar-refractivity contribution in [3.8, 4) is 0 Å². The molecule has 8 heteroatoms. The lowest BCUT2D eigenvalue weighted by Gasteiger charge is -2.22. The van der Waals surface area contributed by atoms with E-state index >= 15 is 0 Å². The van der Waals surface area contributed by atoms with Crippen molar-refractivity contribution < 1.29 is 13.2 Å². The van der Waals surface area contributed by atoms with E-state index < -0.39 is 10.0 Å². The lowest BCUT2D eigenvalue weighted by atomic mass is 10.1. The van der Waals surface area contributed by atoms with Gasteiger partial charge in [-0.2, -0.15) is 0 Å². The van der Waals surface area contributed by atoms with E-state index in [-0.39, 0.29) is 17.5 Å². The van der Waals surface area contributed by atoms with Gasteiger partial charge in [-0.25, -0.2) is 24.0 Å². The molecule has 1 fully saturated rings. The van der Waals surface area contributed by atoms with Crippen LogP contribution in [-0.4, -0.2) is 32.7 Å². The largest absolute Gasteiger partial charge is 0.377 e. The number of sulfonamides is 1. The molecule has 0 bridgehead atoms. The Morgan fingerprint density at radius 1 is 1.47 bits per heavy atom. The molecule has 0 radical (unpaired) electrons. The maximum atomic E-state index is 12.1. The molecule has 7 nitrogen and oxygen atoms in total. The first-order valence-corrected chi connectivity index (χ1v) is 7.64. The number of pyridine rings is 1. The smallest absolute Gasteiger partial charge is 0.240 e. The normalized spacial score (nSPS) is 20.2. The van der Waals surface area contributed by atoms with Gasteiger partial charge in [0.05, 0.1) is 11.0 Å². The van der Waals surface area contributed by atoms with E-state index in [2.05, 4.69) is 15.1 Å². The first-order valence-electron chi connectivity index (χ1n) is 6.16. The first-order chi connectivity index (χ1) is 9.12. The molecule has 1 unspecified atom stereocenters. The van der Waals surface area contributed by atoms with Crippen molar-refractivity contribution >= 4 is 15.8 Å². The van der Waals surface area contributed by atoms with Crippen LogP contribution in [0.2, 0.25) is 0 Å². The molecule has 0 amide bonds. The molecule has 2 rings (SSSR count). The fourth-order valence-corrected chi connectivity index (χ4v) is 2.99. The van der Waals surface area contributed by atoms with Gasteiger partial charge in [-0.15, -0.1) is 0 Å². The SMILES string of the molecule is NNc1cc(S(=O)(=O)NCC2CCCCO2)ccn1. The van der Waals surface area contributed by atoms with Crippen molar-refractivity contribution in [2.24, 2.45) is 5.84 Å². The van der Waals surface area contributed by atoms with Crippen LogP contribution in [0.1, 0.15) is 19.3 Å². The van der Waals surface area contributed by atoms with E-state index in [9.17, 15) is 8.42 Å². The second-order valence-electron chi connectivity index (χ2n) is 4.36. The number of nitrogens with one attached hydrogen (secondary N) is 2. The number of hydrogen-bond acceptors (Lipinski definition) is 6. The Bertz CT molecular complexity index is 514. The number of anilines is 1. The van der Waals surface area contributed by atoms with E-state index in [1.54, 1.807) is 0 Å². The summed E-state index contributed by atoms with van der Waals surface area (Å²) in [4.78, 5) is 4.00. The van der Waals surface area contributed by atoms with Crippen molar-refractivity contribution in [3.05, 3.63) is 18.3 Å². The molecule has 106 valence electrons. The molecule has 0 spiro atoms. The Hall–Kier alpha value is -1.22. The standard InChI is InChI=1S/C11H18N4O3S/c12-15-11-7-10(4-5-13-11)19(16,17)14-8-9-3-1-2-6-18-9/h4-5,7,9,14H,1-3,6,8,12H2,(H,13,15). The van der Waals surface area contributed by atoms with Crippen LogP contribution < -0.4 is 16.0 Å². The molecule has 1 saturated heterocycles. The number of nitrogens with two attached hydrogens (primary N) is 1. The monoisotopic (exact) mass is 286 g/mol. The molecule has 4 N–H and O–H groups in total. The molecule has 19 heavy (non-hydrogen) atoms. The number of rotatable bonds is 5. The Balaban J connectivity index is 2.00. The minimum atomic E-state index is -3.56. The summed E-state index contributed by atoms with van der Waals surface area (Å²) in [6, 6.07) is 2.80. The van der Waals surface area contributed by atoms with Crippen LogP contribution in [-0.2, 0) is 14.8 Å². The average Bonchev–Trinajstić information content (AvgIpc) is 2.46. The zero-order valence-corrected chi connectivity index (χ0v) is 11.3. The van der Waals surface area contributed by atoms with Crippen LogP contribution in [0.15, 0.2) is 23.2 Å². The molecule has 1 aromatic heterocycles. The third-order valence-electron chi connectivity index (χ3n) is 2.96. The third-order valence-corrected chi connectivity index (χ3v) is 4.39. The van der Waals surface area contributed by atoms with Crippen LogP contribution in [0.4, 0.5) is 5.82 Å². The maximum Gasteiger partial charge on any atom is 0.240 e. The van der Waals surface area contributed by atoms with Gasteiger partial charge in [-0.1, -0.05) is 0 Å². The molecule has 1 atom stereocenters. The Labute approximate surface area is 112 Å². The van der Waals surface area contributed by atoms with Gasteiger partial charge in [0.1, 0.15) is 5.82 Å². The highest BCUT2D eigenvalue weighted by Crippen LogP contribution is 2.14. The van der Waals surface area contributed by atoms with Gasteiger partial charge in [0.2, 0.25) is 10.0 Å². The second-order valence-corrected chi connectivity index (χ2v) is 6.13. The van der Waals surface area contributed by atoms with Crippen LogP contribution >= 0.6 is 0 Å². The predicted octanol–water partition coefficient (Wildman–Crippen LogP) is 0.215. The highest BCUT2D eigenvalue weighted by molar-refractivity contribution is 7.89. The topological polar surface area (TPSA) is 106 Å². The Morgan fingerprint density at radius 3 is 3.00 bits per heavy atom. The lowest BCUT2D eigenvalue weighted by Crippen LogP contribution is -2.35. The molecular weight excluding hydrogens is 268 g/mol. The zero-order chi connectivity index (χ0) is 13.7. The minimum absolute atomic E-state index is 0.0440. The van der Waals surface area contributed by atoms with Crippen molar-refractivity contribution in [1.29, 1.82) is 0 Å². The van der Waals surface area contributed by atoms with Gasteiger partial charge in [0.25, 0.3) is 0 Å². The van der Waals surface area contributed by atoms with Crippen molar-refractivity contribution in [3.63, 3.8) is 0 Å². The van der Waals surface area contributed by atoms with Gasteiger partial charge in [0.15, 0.2) is 0 Å². The third kappa shape index (κ3) is 3.87. The van der Waals surface area contributed by atoms with Gasteiger partial charge in [0, 0.05) is 25.4 Å². The van der Waals surface area contributed by atoms with E-state index in [0.717, 1.165) is 19.3 Å². The second kappa shape index (κ2) is 6.29. The number of aromatic nitrogens is 1. The molecule has 1 aromatic rings.